The lowest BCUT2D eigenvalue weighted by molar-refractivity contribution is -0.183. The molecule has 12 heteroatoms. The molecule has 4 aromatic rings. The lowest BCUT2D eigenvalue weighted by Gasteiger charge is -2.48. The summed E-state index contributed by atoms with van der Waals surface area (Å²) in [5, 5.41) is 2.74. The Morgan fingerprint density at radius 3 is 2.00 bits per heavy atom. The normalized spacial score (nSPS) is 18.8. The monoisotopic (exact) mass is 795 g/mol. The van der Waals surface area contributed by atoms with Gasteiger partial charge in [-0.25, -0.2) is 8.42 Å². The van der Waals surface area contributed by atoms with E-state index in [1.807, 2.05) is 49.4 Å². The molecule has 1 saturated heterocycles. The van der Waals surface area contributed by atoms with E-state index in [0.29, 0.717) is 27.6 Å². The van der Waals surface area contributed by atoms with Crippen molar-refractivity contribution in [3.63, 3.8) is 0 Å². The highest BCUT2D eigenvalue weighted by molar-refractivity contribution is 7.91. The van der Waals surface area contributed by atoms with Crippen LogP contribution in [-0.2, 0) is 33.3 Å². The van der Waals surface area contributed by atoms with E-state index in [-0.39, 0.29) is 29.6 Å². The molecular weight excluding hydrogens is 750 g/mol. The summed E-state index contributed by atoms with van der Waals surface area (Å²) < 4.78 is 46.7. The van der Waals surface area contributed by atoms with E-state index in [9.17, 15) is 18.0 Å². The molecule has 0 aliphatic carbocycles. The van der Waals surface area contributed by atoms with Crippen molar-refractivity contribution in [2.75, 3.05) is 25.2 Å². The Balaban J connectivity index is 1.50. The average Bonchev–Trinajstić information content (AvgIpc) is 3.13. The number of benzene rings is 4. The van der Waals surface area contributed by atoms with Crippen LogP contribution in [0.2, 0.25) is 15.1 Å². The number of ether oxygens (including phenoxy) is 2. The maximum Gasteiger partial charge on any atom is 0.308 e. The largest absolute Gasteiger partial charge is 0.469 e. The molecule has 0 N–H and O–H groups in total. The molecule has 53 heavy (non-hydrogen) atoms. The summed E-state index contributed by atoms with van der Waals surface area (Å²) >= 11 is 12.7. The van der Waals surface area contributed by atoms with E-state index in [2.05, 4.69) is 45.0 Å². The Kier molecular flexibility index (Phi) is 13.3. The van der Waals surface area contributed by atoms with E-state index in [0.717, 1.165) is 10.4 Å². The summed E-state index contributed by atoms with van der Waals surface area (Å²) in [5.41, 5.74) is 1.36. The van der Waals surface area contributed by atoms with Crippen LogP contribution in [0.4, 0.5) is 0 Å². The van der Waals surface area contributed by atoms with Gasteiger partial charge in [0.05, 0.1) is 31.1 Å². The van der Waals surface area contributed by atoms with Crippen molar-refractivity contribution in [1.29, 1.82) is 0 Å². The molecular formula is C41H47Cl2NO7SSi. The van der Waals surface area contributed by atoms with Crippen molar-refractivity contribution >= 4 is 63.6 Å². The first kappa shape index (κ1) is 40.7. The molecule has 4 unspecified atom stereocenters. The van der Waals surface area contributed by atoms with Gasteiger partial charge in [0.1, 0.15) is 12.2 Å². The van der Waals surface area contributed by atoms with Crippen LogP contribution in [0.3, 0.4) is 0 Å². The SMILES string of the molecule is CCC(CS(=O)(=O)CCO[Si](c1ccccc1)(c1ccccc1)C(C)(C)C)N1C(=O)C(CC(=O)OC)OC(c2cccc(Cl)c2)C1c1ccc(Cl)cc1. The Morgan fingerprint density at radius 1 is 0.868 bits per heavy atom. The van der Waals surface area contributed by atoms with Crippen molar-refractivity contribution < 1.29 is 31.9 Å². The maximum atomic E-state index is 14.5. The van der Waals surface area contributed by atoms with E-state index in [4.69, 9.17) is 37.1 Å². The lowest BCUT2D eigenvalue weighted by atomic mass is 9.89. The zero-order chi connectivity index (χ0) is 38.4. The third kappa shape index (κ3) is 9.24. The Bertz CT molecular complexity index is 1920. The Morgan fingerprint density at radius 2 is 1.47 bits per heavy atom. The van der Waals surface area contributed by atoms with Crippen LogP contribution in [0.5, 0.6) is 0 Å². The number of nitrogens with zero attached hydrogens (tertiary/aromatic N) is 1. The quantitative estimate of drug-likeness (QED) is 0.0974. The van der Waals surface area contributed by atoms with Gasteiger partial charge in [0.2, 0.25) is 0 Å². The fourth-order valence-electron chi connectivity index (χ4n) is 7.33. The van der Waals surface area contributed by atoms with Gasteiger partial charge in [0.15, 0.2) is 9.84 Å². The molecule has 0 radical (unpaired) electrons. The number of carbonyl (C=O) groups is 2. The zero-order valence-corrected chi connectivity index (χ0v) is 34.0. The second-order valence-corrected chi connectivity index (χ2v) is 21.7. The molecule has 1 aliphatic rings. The smallest absolute Gasteiger partial charge is 0.308 e. The average molecular weight is 797 g/mol. The molecule has 0 bridgehead atoms. The third-order valence-electron chi connectivity index (χ3n) is 9.84. The molecule has 5 rings (SSSR count). The molecule has 4 aromatic carbocycles. The molecule has 0 spiro atoms. The summed E-state index contributed by atoms with van der Waals surface area (Å²) in [6.07, 6.45) is -2.04. The van der Waals surface area contributed by atoms with Crippen molar-refractivity contribution in [1.82, 2.24) is 4.90 Å². The summed E-state index contributed by atoms with van der Waals surface area (Å²) in [6.45, 7) is 8.25. The predicted molar refractivity (Wildman–Crippen MR) is 213 cm³/mol. The van der Waals surface area contributed by atoms with Crippen LogP contribution in [0.25, 0.3) is 0 Å². The minimum Gasteiger partial charge on any atom is -0.469 e. The van der Waals surface area contributed by atoms with Crippen LogP contribution in [-0.4, -0.2) is 70.9 Å². The molecule has 1 aliphatic heterocycles. The second kappa shape index (κ2) is 17.3. The third-order valence-corrected chi connectivity index (χ3v) is 17.0. The molecule has 1 heterocycles. The van der Waals surface area contributed by atoms with Crippen molar-refractivity contribution in [3.05, 3.63) is 130 Å². The topological polar surface area (TPSA) is 99.2 Å². The molecule has 4 atom stereocenters. The number of carbonyl (C=O) groups excluding carboxylic acids is 2. The Labute approximate surface area is 324 Å². The zero-order valence-electron chi connectivity index (χ0n) is 30.7. The molecule has 282 valence electrons. The summed E-state index contributed by atoms with van der Waals surface area (Å²) in [5.74, 6) is -1.70. The van der Waals surface area contributed by atoms with Crippen molar-refractivity contribution in [2.45, 2.75) is 69.9 Å². The van der Waals surface area contributed by atoms with Crippen LogP contribution in [0.1, 0.15) is 63.8 Å². The van der Waals surface area contributed by atoms with Crippen LogP contribution in [0.15, 0.2) is 109 Å². The second-order valence-electron chi connectivity index (χ2n) is 14.3. The molecule has 8 nitrogen and oxygen atoms in total. The van der Waals surface area contributed by atoms with E-state index < -0.39 is 54.3 Å². The first-order valence-corrected chi connectivity index (χ1v) is 22.2. The van der Waals surface area contributed by atoms with Crippen molar-refractivity contribution in [3.8, 4) is 0 Å². The lowest BCUT2D eigenvalue weighted by Crippen LogP contribution is -2.66. The van der Waals surface area contributed by atoms with Gasteiger partial charge in [0.25, 0.3) is 14.2 Å². The number of sulfone groups is 1. The highest BCUT2D eigenvalue weighted by Crippen LogP contribution is 2.45. The fraction of sp³-hybridized carbons (Fsp3) is 0.366. The van der Waals surface area contributed by atoms with Crippen LogP contribution < -0.4 is 10.4 Å². The molecule has 1 amide bonds. The van der Waals surface area contributed by atoms with Gasteiger partial charge in [-0.15, -0.1) is 0 Å². The fourth-order valence-corrected chi connectivity index (χ4v) is 13.9. The van der Waals surface area contributed by atoms with Gasteiger partial charge >= 0.3 is 5.97 Å². The number of halogens is 2. The van der Waals surface area contributed by atoms with Gasteiger partial charge in [0, 0.05) is 22.7 Å². The Hall–Kier alpha value is -3.51. The summed E-state index contributed by atoms with van der Waals surface area (Å²) in [7, 11) is -5.56. The number of morpholine rings is 1. The first-order chi connectivity index (χ1) is 25.2. The van der Waals surface area contributed by atoms with Crippen molar-refractivity contribution in [2.24, 2.45) is 0 Å². The molecule has 0 aromatic heterocycles. The highest BCUT2D eigenvalue weighted by Gasteiger charge is 2.51. The molecule has 1 fully saturated rings. The van der Waals surface area contributed by atoms with Gasteiger partial charge in [-0.1, -0.05) is 136 Å². The van der Waals surface area contributed by atoms with Gasteiger partial charge < -0.3 is 18.8 Å². The minimum absolute atomic E-state index is 0.0280. The number of hydrogen-bond acceptors (Lipinski definition) is 7. The van der Waals surface area contributed by atoms with Crippen LogP contribution >= 0.6 is 23.2 Å². The number of esters is 1. The van der Waals surface area contributed by atoms with E-state index in [1.54, 1.807) is 47.4 Å². The summed E-state index contributed by atoms with van der Waals surface area (Å²) in [4.78, 5) is 28.6. The van der Waals surface area contributed by atoms with E-state index >= 15 is 0 Å². The van der Waals surface area contributed by atoms with E-state index in [1.165, 1.54) is 7.11 Å². The summed E-state index contributed by atoms with van der Waals surface area (Å²) in [6, 6.07) is 32.7. The van der Waals surface area contributed by atoms with Gasteiger partial charge in [-0.05, 0) is 57.2 Å². The minimum atomic E-state index is -3.82. The highest BCUT2D eigenvalue weighted by atomic mass is 35.5. The first-order valence-electron chi connectivity index (χ1n) is 17.7. The van der Waals surface area contributed by atoms with Gasteiger partial charge in [-0.3, -0.25) is 9.59 Å². The number of rotatable bonds is 14. The predicted octanol–water partition coefficient (Wildman–Crippen LogP) is 7.34. The number of hydrogen-bond donors (Lipinski definition) is 0. The van der Waals surface area contributed by atoms with Crippen LogP contribution in [0, 0.1) is 0 Å². The van der Waals surface area contributed by atoms with Gasteiger partial charge in [-0.2, -0.15) is 0 Å². The standard InChI is InChI=1S/C41H47Cl2NO7SSi/c1-6-33(28-52(47,48)25-24-50-53(41(2,3)4,34-16-9-7-10-17-34)35-18-11-8-12-19-35)44-38(29-20-22-31(42)23-21-29)39(30-14-13-15-32(43)26-30)51-36(40(44)46)27-37(45)49-5/h7-23,26,33,36,38-39H,6,24-25,27-28H2,1-5H3. The molecule has 0 saturated carbocycles. The number of methoxy groups -OCH3 is 1. The maximum absolute atomic E-state index is 14.5. The number of amides is 1.